The number of rotatable bonds is 4. The summed E-state index contributed by atoms with van der Waals surface area (Å²) in [7, 11) is 0. The third-order valence-corrected chi connectivity index (χ3v) is 3.31. The molecule has 0 fully saturated rings. The first-order chi connectivity index (χ1) is 9.09. The molecule has 1 N–H and O–H groups in total. The molecule has 1 nitrogen and oxygen atoms in total. The monoisotopic (exact) mass is 261 g/mol. The van der Waals surface area contributed by atoms with E-state index in [2.05, 4.69) is 5.32 Å². The Morgan fingerprint density at radius 3 is 2.53 bits per heavy atom. The lowest BCUT2D eigenvalue weighted by molar-refractivity contribution is 0.472. The van der Waals surface area contributed by atoms with E-state index < -0.39 is 11.6 Å². The maximum atomic E-state index is 13.6. The molecule has 1 atom stereocenters. The molecule has 0 saturated heterocycles. The van der Waals surface area contributed by atoms with Crippen molar-refractivity contribution < 1.29 is 8.78 Å². The molecular formula is C16H17F2N. The summed E-state index contributed by atoms with van der Waals surface area (Å²) < 4.78 is 26.8. The van der Waals surface area contributed by atoms with Crippen molar-refractivity contribution >= 4 is 0 Å². The van der Waals surface area contributed by atoms with E-state index >= 15 is 0 Å². The summed E-state index contributed by atoms with van der Waals surface area (Å²) in [6.45, 7) is 4.49. The highest BCUT2D eigenvalue weighted by Crippen LogP contribution is 2.19. The van der Waals surface area contributed by atoms with Gasteiger partial charge >= 0.3 is 0 Å². The molecule has 0 amide bonds. The fourth-order valence-electron chi connectivity index (χ4n) is 2.04. The fraction of sp³-hybridized carbons (Fsp3) is 0.250. The Labute approximate surface area is 112 Å². The minimum Gasteiger partial charge on any atom is -0.306 e. The van der Waals surface area contributed by atoms with E-state index in [-0.39, 0.29) is 6.04 Å². The standard InChI is InChI=1S/C16H17F2N/c1-11-6-3-4-7-13(11)10-19-12(2)14-8-5-9-15(17)16(14)18/h3-9,12,19H,10H2,1-2H3. The molecule has 1 unspecified atom stereocenters. The Morgan fingerprint density at radius 2 is 1.79 bits per heavy atom. The third kappa shape index (κ3) is 3.18. The van der Waals surface area contributed by atoms with E-state index in [1.54, 1.807) is 6.07 Å². The molecule has 0 radical (unpaired) electrons. The molecule has 0 aliphatic heterocycles. The van der Waals surface area contributed by atoms with Gasteiger partial charge in [0.1, 0.15) is 0 Å². The van der Waals surface area contributed by atoms with Crippen LogP contribution >= 0.6 is 0 Å². The van der Waals surface area contributed by atoms with E-state index in [4.69, 9.17) is 0 Å². The lowest BCUT2D eigenvalue weighted by Crippen LogP contribution is -2.20. The number of aryl methyl sites for hydroxylation is 1. The second-order valence-electron chi connectivity index (χ2n) is 4.67. The zero-order chi connectivity index (χ0) is 13.8. The van der Waals surface area contributed by atoms with Gasteiger partial charge in [-0.05, 0) is 31.0 Å². The van der Waals surface area contributed by atoms with Crippen LogP contribution in [-0.4, -0.2) is 0 Å². The van der Waals surface area contributed by atoms with Gasteiger partial charge in [-0.15, -0.1) is 0 Å². The van der Waals surface area contributed by atoms with E-state index in [0.717, 1.165) is 11.6 Å². The highest BCUT2D eigenvalue weighted by Gasteiger charge is 2.13. The van der Waals surface area contributed by atoms with Crippen LogP contribution in [0.5, 0.6) is 0 Å². The van der Waals surface area contributed by atoms with Crippen molar-refractivity contribution in [2.24, 2.45) is 0 Å². The van der Waals surface area contributed by atoms with Crippen LogP contribution in [-0.2, 0) is 6.54 Å². The lowest BCUT2D eigenvalue weighted by Gasteiger charge is -2.16. The molecule has 2 aromatic rings. The molecule has 0 bridgehead atoms. The highest BCUT2D eigenvalue weighted by atomic mass is 19.2. The topological polar surface area (TPSA) is 12.0 Å². The van der Waals surface area contributed by atoms with Gasteiger partial charge in [0.05, 0.1) is 0 Å². The van der Waals surface area contributed by atoms with Gasteiger partial charge in [0.2, 0.25) is 0 Å². The van der Waals surface area contributed by atoms with Crippen molar-refractivity contribution in [3.8, 4) is 0 Å². The van der Waals surface area contributed by atoms with Gasteiger partial charge in [-0.25, -0.2) is 8.78 Å². The second-order valence-corrected chi connectivity index (χ2v) is 4.67. The quantitative estimate of drug-likeness (QED) is 0.872. The van der Waals surface area contributed by atoms with E-state index in [1.165, 1.54) is 11.6 Å². The van der Waals surface area contributed by atoms with Crippen LogP contribution in [0.1, 0.15) is 29.7 Å². The van der Waals surface area contributed by atoms with Crippen molar-refractivity contribution in [2.45, 2.75) is 26.4 Å². The van der Waals surface area contributed by atoms with Crippen LogP contribution in [0.25, 0.3) is 0 Å². The molecule has 0 aliphatic carbocycles. The van der Waals surface area contributed by atoms with Gasteiger partial charge in [0.25, 0.3) is 0 Å². The highest BCUT2D eigenvalue weighted by molar-refractivity contribution is 5.26. The first kappa shape index (κ1) is 13.7. The van der Waals surface area contributed by atoms with Crippen LogP contribution in [0.15, 0.2) is 42.5 Å². The Morgan fingerprint density at radius 1 is 1.05 bits per heavy atom. The van der Waals surface area contributed by atoms with Crippen molar-refractivity contribution in [3.05, 3.63) is 70.8 Å². The van der Waals surface area contributed by atoms with Crippen LogP contribution in [0.4, 0.5) is 8.78 Å². The third-order valence-electron chi connectivity index (χ3n) is 3.31. The molecule has 0 spiro atoms. The predicted molar refractivity (Wildman–Crippen MR) is 72.8 cm³/mol. The SMILES string of the molecule is Cc1ccccc1CNC(C)c1cccc(F)c1F. The molecule has 0 saturated carbocycles. The maximum Gasteiger partial charge on any atom is 0.163 e. The van der Waals surface area contributed by atoms with Gasteiger partial charge < -0.3 is 5.32 Å². The van der Waals surface area contributed by atoms with Crippen LogP contribution in [0.3, 0.4) is 0 Å². The van der Waals surface area contributed by atoms with Gasteiger partial charge in [-0.1, -0.05) is 36.4 Å². The summed E-state index contributed by atoms with van der Waals surface area (Å²) in [5.41, 5.74) is 2.70. The smallest absolute Gasteiger partial charge is 0.163 e. The number of nitrogens with one attached hydrogen (secondary N) is 1. The van der Waals surface area contributed by atoms with Gasteiger partial charge in [-0.3, -0.25) is 0 Å². The molecule has 0 aromatic heterocycles. The fourth-order valence-corrected chi connectivity index (χ4v) is 2.04. The summed E-state index contributed by atoms with van der Waals surface area (Å²) >= 11 is 0. The first-order valence-corrected chi connectivity index (χ1v) is 6.31. The van der Waals surface area contributed by atoms with Crippen molar-refractivity contribution in [1.82, 2.24) is 5.32 Å². The van der Waals surface area contributed by atoms with E-state index in [0.29, 0.717) is 12.1 Å². The predicted octanol–water partition coefficient (Wildman–Crippen LogP) is 4.12. The Hall–Kier alpha value is -1.74. The van der Waals surface area contributed by atoms with Crippen LogP contribution in [0, 0.1) is 18.6 Å². The molecule has 2 rings (SSSR count). The van der Waals surface area contributed by atoms with Crippen molar-refractivity contribution in [1.29, 1.82) is 0 Å². The van der Waals surface area contributed by atoms with Gasteiger partial charge in [-0.2, -0.15) is 0 Å². The second kappa shape index (κ2) is 5.93. The summed E-state index contributed by atoms with van der Waals surface area (Å²) in [5.74, 6) is -1.57. The average molecular weight is 261 g/mol. The zero-order valence-corrected chi connectivity index (χ0v) is 11.1. The molecule has 0 aliphatic rings. The Bertz CT molecular complexity index is 566. The van der Waals surface area contributed by atoms with E-state index in [1.807, 2.05) is 38.1 Å². The first-order valence-electron chi connectivity index (χ1n) is 6.31. The van der Waals surface area contributed by atoms with Gasteiger partial charge in [0, 0.05) is 18.2 Å². The molecule has 2 aromatic carbocycles. The summed E-state index contributed by atoms with van der Waals surface area (Å²) in [4.78, 5) is 0. The molecule has 3 heteroatoms. The number of benzene rings is 2. The Balaban J connectivity index is 2.08. The lowest BCUT2D eigenvalue weighted by atomic mass is 10.1. The maximum absolute atomic E-state index is 13.6. The Kier molecular flexibility index (Phi) is 4.27. The minimum atomic E-state index is -0.804. The normalized spacial score (nSPS) is 12.4. The van der Waals surface area contributed by atoms with E-state index in [9.17, 15) is 8.78 Å². The van der Waals surface area contributed by atoms with Crippen LogP contribution < -0.4 is 5.32 Å². The molecule has 0 heterocycles. The van der Waals surface area contributed by atoms with Gasteiger partial charge in [0.15, 0.2) is 11.6 Å². The summed E-state index contributed by atoms with van der Waals surface area (Å²) in [6, 6.07) is 12.0. The molecule has 100 valence electrons. The van der Waals surface area contributed by atoms with Crippen molar-refractivity contribution in [2.75, 3.05) is 0 Å². The van der Waals surface area contributed by atoms with Crippen LogP contribution in [0.2, 0.25) is 0 Å². The summed E-state index contributed by atoms with van der Waals surface area (Å²) in [6.07, 6.45) is 0. The summed E-state index contributed by atoms with van der Waals surface area (Å²) in [5, 5.41) is 3.22. The largest absolute Gasteiger partial charge is 0.306 e. The average Bonchev–Trinajstić information content (AvgIpc) is 2.40. The molecule has 19 heavy (non-hydrogen) atoms. The van der Waals surface area contributed by atoms with Crippen molar-refractivity contribution in [3.63, 3.8) is 0 Å². The zero-order valence-electron chi connectivity index (χ0n) is 11.1. The number of halogens is 2. The molecular weight excluding hydrogens is 244 g/mol. The minimum absolute atomic E-state index is 0.240. The number of hydrogen-bond donors (Lipinski definition) is 1. The number of hydrogen-bond acceptors (Lipinski definition) is 1.